The number of fused-ring (bicyclic) bond motifs is 1. The SMILES string of the molecule is Cc1ccc(Oc2ccc(NC(=O)Cc3ccc4cc[nH]c4c3)cn2)cc1. The number of amides is 1. The van der Waals surface area contributed by atoms with Gasteiger partial charge >= 0.3 is 0 Å². The Labute approximate surface area is 157 Å². The molecule has 2 aromatic heterocycles. The van der Waals surface area contributed by atoms with Crippen LogP contribution < -0.4 is 10.1 Å². The summed E-state index contributed by atoms with van der Waals surface area (Å²) in [5.74, 6) is 1.12. The fourth-order valence-electron chi connectivity index (χ4n) is 2.84. The number of pyridine rings is 1. The predicted molar refractivity (Wildman–Crippen MR) is 106 cm³/mol. The van der Waals surface area contributed by atoms with Gasteiger partial charge in [-0.25, -0.2) is 4.98 Å². The first kappa shape index (κ1) is 16.8. The van der Waals surface area contributed by atoms with Crippen molar-refractivity contribution in [1.82, 2.24) is 9.97 Å². The van der Waals surface area contributed by atoms with Crippen molar-refractivity contribution in [3.05, 3.63) is 84.2 Å². The quantitative estimate of drug-likeness (QED) is 0.537. The van der Waals surface area contributed by atoms with Crippen LogP contribution in [0.15, 0.2) is 73.1 Å². The summed E-state index contributed by atoms with van der Waals surface area (Å²) in [6.45, 7) is 2.02. The molecule has 5 heteroatoms. The average molecular weight is 357 g/mol. The number of H-pyrrole nitrogens is 1. The lowest BCUT2D eigenvalue weighted by Gasteiger charge is -2.08. The second-order valence-corrected chi connectivity index (χ2v) is 6.42. The van der Waals surface area contributed by atoms with Gasteiger partial charge in [0.25, 0.3) is 0 Å². The molecular formula is C22H19N3O2. The van der Waals surface area contributed by atoms with E-state index in [0.29, 0.717) is 18.0 Å². The number of benzene rings is 2. The Morgan fingerprint density at radius 1 is 1.07 bits per heavy atom. The third-order valence-electron chi connectivity index (χ3n) is 4.25. The summed E-state index contributed by atoms with van der Waals surface area (Å²) in [6.07, 6.45) is 3.78. The third-order valence-corrected chi connectivity index (χ3v) is 4.25. The van der Waals surface area contributed by atoms with Gasteiger partial charge in [0.2, 0.25) is 11.8 Å². The molecule has 0 bridgehead atoms. The normalized spacial score (nSPS) is 10.7. The minimum absolute atomic E-state index is 0.0880. The molecule has 0 aliphatic heterocycles. The van der Waals surface area contributed by atoms with Gasteiger partial charge < -0.3 is 15.0 Å². The van der Waals surface area contributed by atoms with Crippen LogP contribution in [0.1, 0.15) is 11.1 Å². The molecule has 2 aromatic carbocycles. The van der Waals surface area contributed by atoms with E-state index < -0.39 is 0 Å². The summed E-state index contributed by atoms with van der Waals surface area (Å²) in [7, 11) is 0. The first-order valence-electron chi connectivity index (χ1n) is 8.72. The van der Waals surface area contributed by atoms with Gasteiger partial charge in [0.05, 0.1) is 18.3 Å². The van der Waals surface area contributed by atoms with Gasteiger partial charge in [-0.15, -0.1) is 0 Å². The molecule has 0 aliphatic rings. The summed E-state index contributed by atoms with van der Waals surface area (Å²) >= 11 is 0. The van der Waals surface area contributed by atoms with E-state index >= 15 is 0 Å². The second kappa shape index (κ2) is 7.33. The molecule has 0 saturated heterocycles. The maximum Gasteiger partial charge on any atom is 0.228 e. The van der Waals surface area contributed by atoms with Crippen molar-refractivity contribution in [1.29, 1.82) is 0 Å². The van der Waals surface area contributed by atoms with E-state index in [2.05, 4.69) is 15.3 Å². The predicted octanol–water partition coefficient (Wildman–Crippen LogP) is 4.84. The number of aromatic nitrogens is 2. The number of carbonyl (C=O) groups excluding carboxylic acids is 1. The summed E-state index contributed by atoms with van der Waals surface area (Å²) in [5.41, 5.74) is 3.79. The van der Waals surface area contributed by atoms with Crippen LogP contribution in [-0.4, -0.2) is 15.9 Å². The van der Waals surface area contributed by atoms with Crippen molar-refractivity contribution >= 4 is 22.5 Å². The zero-order valence-electron chi connectivity index (χ0n) is 14.9. The standard InChI is InChI=1S/C22H19N3O2/c1-15-2-7-19(8-3-15)27-22-9-6-18(14-24-22)25-21(26)13-16-4-5-17-10-11-23-20(17)12-16/h2-12,14,23H,13H2,1H3,(H,25,26). The number of nitrogens with zero attached hydrogens (tertiary/aromatic N) is 1. The molecule has 0 unspecified atom stereocenters. The number of anilines is 1. The van der Waals surface area contributed by atoms with E-state index in [-0.39, 0.29) is 5.91 Å². The largest absolute Gasteiger partial charge is 0.439 e. The van der Waals surface area contributed by atoms with E-state index in [4.69, 9.17) is 4.74 Å². The van der Waals surface area contributed by atoms with Crippen LogP contribution >= 0.6 is 0 Å². The highest BCUT2D eigenvalue weighted by molar-refractivity contribution is 5.92. The minimum Gasteiger partial charge on any atom is -0.439 e. The van der Waals surface area contributed by atoms with Crippen LogP contribution in [0.3, 0.4) is 0 Å². The summed E-state index contributed by atoms with van der Waals surface area (Å²) in [6, 6.07) is 19.2. The molecule has 0 radical (unpaired) electrons. The van der Waals surface area contributed by atoms with E-state index in [9.17, 15) is 4.79 Å². The Hall–Kier alpha value is -3.60. The number of ether oxygens (including phenoxy) is 1. The van der Waals surface area contributed by atoms with Crippen molar-refractivity contribution in [2.45, 2.75) is 13.3 Å². The Bertz CT molecular complexity index is 1070. The van der Waals surface area contributed by atoms with E-state index in [1.807, 2.05) is 61.7 Å². The highest BCUT2D eigenvalue weighted by atomic mass is 16.5. The molecule has 5 nitrogen and oxygen atoms in total. The van der Waals surface area contributed by atoms with Crippen molar-refractivity contribution < 1.29 is 9.53 Å². The van der Waals surface area contributed by atoms with Gasteiger partial charge in [-0.2, -0.15) is 0 Å². The zero-order chi connectivity index (χ0) is 18.6. The number of hydrogen-bond acceptors (Lipinski definition) is 3. The smallest absolute Gasteiger partial charge is 0.228 e. The molecular weight excluding hydrogens is 338 g/mol. The lowest BCUT2D eigenvalue weighted by molar-refractivity contribution is -0.115. The fourth-order valence-corrected chi connectivity index (χ4v) is 2.84. The van der Waals surface area contributed by atoms with Crippen molar-refractivity contribution in [2.24, 2.45) is 0 Å². The summed E-state index contributed by atoms with van der Waals surface area (Å²) < 4.78 is 5.69. The average Bonchev–Trinajstić information content (AvgIpc) is 3.13. The molecule has 0 atom stereocenters. The molecule has 1 amide bonds. The van der Waals surface area contributed by atoms with E-state index in [0.717, 1.165) is 22.2 Å². The van der Waals surface area contributed by atoms with Gasteiger partial charge in [-0.3, -0.25) is 4.79 Å². The van der Waals surface area contributed by atoms with Gasteiger partial charge in [0.1, 0.15) is 5.75 Å². The molecule has 134 valence electrons. The Balaban J connectivity index is 1.37. The highest BCUT2D eigenvalue weighted by Gasteiger charge is 2.06. The molecule has 2 N–H and O–H groups in total. The van der Waals surface area contributed by atoms with Crippen molar-refractivity contribution in [3.8, 4) is 11.6 Å². The van der Waals surface area contributed by atoms with Crippen LogP contribution in [0.25, 0.3) is 10.9 Å². The number of carbonyl (C=O) groups is 1. The Kier molecular flexibility index (Phi) is 4.58. The monoisotopic (exact) mass is 357 g/mol. The number of aryl methyl sites for hydroxylation is 1. The lowest BCUT2D eigenvalue weighted by Crippen LogP contribution is -2.14. The summed E-state index contributed by atoms with van der Waals surface area (Å²) in [5, 5.41) is 4.00. The molecule has 2 heterocycles. The summed E-state index contributed by atoms with van der Waals surface area (Å²) in [4.78, 5) is 19.7. The van der Waals surface area contributed by atoms with Crippen molar-refractivity contribution in [3.63, 3.8) is 0 Å². The fraction of sp³-hybridized carbons (Fsp3) is 0.0909. The molecule has 4 rings (SSSR count). The minimum atomic E-state index is -0.0880. The molecule has 0 fully saturated rings. The Morgan fingerprint density at radius 2 is 1.93 bits per heavy atom. The second-order valence-electron chi connectivity index (χ2n) is 6.42. The molecule has 0 aliphatic carbocycles. The third kappa shape index (κ3) is 4.15. The first-order chi connectivity index (χ1) is 13.2. The van der Waals surface area contributed by atoms with Crippen LogP contribution in [0, 0.1) is 6.92 Å². The van der Waals surface area contributed by atoms with Gasteiger partial charge in [0, 0.05) is 17.8 Å². The number of rotatable bonds is 5. The Morgan fingerprint density at radius 3 is 2.70 bits per heavy atom. The highest BCUT2D eigenvalue weighted by Crippen LogP contribution is 2.21. The van der Waals surface area contributed by atoms with Crippen LogP contribution in [-0.2, 0) is 11.2 Å². The number of aromatic amines is 1. The van der Waals surface area contributed by atoms with E-state index in [1.54, 1.807) is 18.3 Å². The first-order valence-corrected chi connectivity index (χ1v) is 8.72. The lowest BCUT2D eigenvalue weighted by atomic mass is 10.1. The van der Waals surface area contributed by atoms with Gasteiger partial charge in [-0.1, -0.05) is 29.8 Å². The maximum absolute atomic E-state index is 12.3. The van der Waals surface area contributed by atoms with Crippen LogP contribution in [0.2, 0.25) is 0 Å². The molecule has 4 aromatic rings. The van der Waals surface area contributed by atoms with Gasteiger partial charge in [0.15, 0.2) is 0 Å². The number of nitrogens with one attached hydrogen (secondary N) is 2. The molecule has 0 spiro atoms. The molecule has 0 saturated carbocycles. The number of hydrogen-bond donors (Lipinski definition) is 2. The topological polar surface area (TPSA) is 67.0 Å². The maximum atomic E-state index is 12.3. The van der Waals surface area contributed by atoms with Gasteiger partial charge in [-0.05, 0) is 48.2 Å². The van der Waals surface area contributed by atoms with Crippen LogP contribution in [0.5, 0.6) is 11.6 Å². The van der Waals surface area contributed by atoms with Crippen LogP contribution in [0.4, 0.5) is 5.69 Å². The van der Waals surface area contributed by atoms with E-state index in [1.165, 1.54) is 5.56 Å². The zero-order valence-corrected chi connectivity index (χ0v) is 14.9. The van der Waals surface area contributed by atoms with Crippen molar-refractivity contribution in [2.75, 3.05) is 5.32 Å². The molecule has 27 heavy (non-hydrogen) atoms.